The van der Waals surface area contributed by atoms with Crippen molar-refractivity contribution in [1.29, 1.82) is 0 Å². The average molecular weight is 276 g/mol. The maximum absolute atomic E-state index is 11.6. The van der Waals surface area contributed by atoms with Gasteiger partial charge in [0.15, 0.2) is 0 Å². The number of methoxy groups -OCH3 is 1. The molecule has 0 radical (unpaired) electrons. The lowest BCUT2D eigenvalue weighted by Gasteiger charge is -2.11. The van der Waals surface area contributed by atoms with E-state index in [1.54, 1.807) is 18.2 Å². The lowest BCUT2D eigenvalue weighted by molar-refractivity contribution is -0.119. The Labute approximate surface area is 118 Å². The van der Waals surface area contributed by atoms with Crippen LogP contribution in [0.25, 0.3) is 0 Å². The monoisotopic (exact) mass is 276 g/mol. The van der Waals surface area contributed by atoms with Crippen molar-refractivity contribution in [2.24, 2.45) is 5.92 Å². The second-order valence-electron chi connectivity index (χ2n) is 5.12. The molecular formula is C15H20N2O3. The third-order valence-corrected chi connectivity index (χ3v) is 3.37. The van der Waals surface area contributed by atoms with E-state index in [1.165, 1.54) is 20.0 Å². The molecule has 0 atom stereocenters. The number of carbonyl (C=O) groups is 2. The number of amides is 1. The predicted molar refractivity (Wildman–Crippen MR) is 76.7 cm³/mol. The number of ether oxygens (including phenoxy) is 1. The molecule has 108 valence electrons. The Kier molecular flexibility index (Phi) is 4.61. The first-order valence-corrected chi connectivity index (χ1v) is 6.79. The molecule has 0 saturated heterocycles. The molecule has 0 spiro atoms. The van der Waals surface area contributed by atoms with Crippen LogP contribution in [-0.2, 0) is 9.53 Å². The number of esters is 1. The molecule has 2 N–H and O–H groups in total. The molecule has 5 heteroatoms. The summed E-state index contributed by atoms with van der Waals surface area (Å²) in [6, 6.07) is 5.22. The van der Waals surface area contributed by atoms with Crippen molar-refractivity contribution < 1.29 is 14.3 Å². The largest absolute Gasteiger partial charge is 0.465 e. The van der Waals surface area contributed by atoms with Crippen molar-refractivity contribution >= 4 is 17.6 Å². The van der Waals surface area contributed by atoms with Gasteiger partial charge < -0.3 is 15.4 Å². The van der Waals surface area contributed by atoms with Crippen molar-refractivity contribution in [1.82, 2.24) is 5.32 Å². The third kappa shape index (κ3) is 3.98. The van der Waals surface area contributed by atoms with Crippen molar-refractivity contribution in [2.75, 3.05) is 25.5 Å². The van der Waals surface area contributed by atoms with Crippen LogP contribution in [0.5, 0.6) is 0 Å². The van der Waals surface area contributed by atoms with E-state index in [4.69, 9.17) is 0 Å². The lowest BCUT2D eigenvalue weighted by Crippen LogP contribution is -2.31. The van der Waals surface area contributed by atoms with Gasteiger partial charge in [-0.15, -0.1) is 0 Å². The maximum Gasteiger partial charge on any atom is 0.337 e. The normalized spacial score (nSPS) is 13.7. The number of rotatable bonds is 6. The summed E-state index contributed by atoms with van der Waals surface area (Å²) < 4.78 is 4.67. The topological polar surface area (TPSA) is 67.4 Å². The summed E-state index contributed by atoms with van der Waals surface area (Å²) in [7, 11) is 1.36. The van der Waals surface area contributed by atoms with Crippen molar-refractivity contribution in [3.63, 3.8) is 0 Å². The Hall–Kier alpha value is -2.04. The SMILES string of the molecule is COC(=O)c1ccc(NCC(=O)NCC2CC2)c(C)c1. The number of carbonyl (C=O) groups excluding carboxylic acids is 2. The van der Waals surface area contributed by atoms with Crippen molar-refractivity contribution in [3.05, 3.63) is 29.3 Å². The number of hydrogen-bond acceptors (Lipinski definition) is 4. The highest BCUT2D eigenvalue weighted by molar-refractivity contribution is 5.90. The Morgan fingerprint density at radius 1 is 1.35 bits per heavy atom. The zero-order valence-electron chi connectivity index (χ0n) is 11.9. The van der Waals surface area contributed by atoms with Crippen LogP contribution in [0, 0.1) is 12.8 Å². The van der Waals surface area contributed by atoms with Gasteiger partial charge in [0.2, 0.25) is 5.91 Å². The van der Waals surface area contributed by atoms with Crippen LogP contribution in [-0.4, -0.2) is 32.1 Å². The van der Waals surface area contributed by atoms with E-state index in [0.29, 0.717) is 11.5 Å². The fourth-order valence-electron chi connectivity index (χ4n) is 1.92. The molecule has 1 aromatic rings. The molecule has 1 saturated carbocycles. The number of anilines is 1. The van der Waals surface area contributed by atoms with E-state index < -0.39 is 0 Å². The number of nitrogens with one attached hydrogen (secondary N) is 2. The summed E-state index contributed by atoms with van der Waals surface area (Å²) in [6.07, 6.45) is 2.45. The van der Waals surface area contributed by atoms with Crippen molar-refractivity contribution in [3.8, 4) is 0 Å². The van der Waals surface area contributed by atoms with Crippen LogP contribution in [0.4, 0.5) is 5.69 Å². The molecule has 1 aliphatic carbocycles. The molecule has 1 aliphatic rings. The first kappa shape index (κ1) is 14.4. The maximum atomic E-state index is 11.6. The lowest BCUT2D eigenvalue weighted by atomic mass is 10.1. The van der Waals surface area contributed by atoms with Crippen LogP contribution >= 0.6 is 0 Å². The zero-order chi connectivity index (χ0) is 14.5. The quantitative estimate of drug-likeness (QED) is 0.776. The smallest absolute Gasteiger partial charge is 0.337 e. The minimum Gasteiger partial charge on any atom is -0.465 e. The molecule has 0 aliphatic heterocycles. The van der Waals surface area contributed by atoms with E-state index in [2.05, 4.69) is 15.4 Å². The molecule has 0 bridgehead atoms. The minimum atomic E-state index is -0.359. The van der Waals surface area contributed by atoms with Gasteiger partial charge in [0.05, 0.1) is 19.2 Å². The van der Waals surface area contributed by atoms with Crippen LogP contribution in [0.3, 0.4) is 0 Å². The van der Waals surface area contributed by atoms with E-state index in [0.717, 1.165) is 17.8 Å². The second kappa shape index (κ2) is 6.41. The molecule has 1 fully saturated rings. The van der Waals surface area contributed by atoms with Gasteiger partial charge in [0.25, 0.3) is 0 Å². The summed E-state index contributed by atoms with van der Waals surface area (Å²) in [5, 5.41) is 5.97. The summed E-state index contributed by atoms with van der Waals surface area (Å²) in [5.41, 5.74) is 2.26. The molecule has 0 unspecified atom stereocenters. The van der Waals surface area contributed by atoms with Gasteiger partial charge >= 0.3 is 5.97 Å². The molecule has 0 aromatic heterocycles. The van der Waals surface area contributed by atoms with Gasteiger partial charge in [-0.3, -0.25) is 4.79 Å². The van der Waals surface area contributed by atoms with Crippen LogP contribution < -0.4 is 10.6 Å². The Morgan fingerprint density at radius 2 is 2.10 bits per heavy atom. The Balaban J connectivity index is 1.85. The molecule has 1 amide bonds. The van der Waals surface area contributed by atoms with Gasteiger partial charge in [-0.2, -0.15) is 0 Å². The summed E-state index contributed by atoms with van der Waals surface area (Å²) >= 11 is 0. The molecular weight excluding hydrogens is 256 g/mol. The third-order valence-electron chi connectivity index (χ3n) is 3.37. The van der Waals surface area contributed by atoms with Gasteiger partial charge in [0.1, 0.15) is 0 Å². The summed E-state index contributed by atoms with van der Waals surface area (Å²) in [6.45, 7) is 2.91. The molecule has 0 heterocycles. The molecule has 20 heavy (non-hydrogen) atoms. The van der Waals surface area contributed by atoms with Crippen LogP contribution in [0.1, 0.15) is 28.8 Å². The fraction of sp³-hybridized carbons (Fsp3) is 0.467. The van der Waals surface area contributed by atoms with Gasteiger partial charge in [0, 0.05) is 12.2 Å². The van der Waals surface area contributed by atoms with Crippen LogP contribution in [0.2, 0.25) is 0 Å². The highest BCUT2D eigenvalue weighted by atomic mass is 16.5. The fourth-order valence-corrected chi connectivity index (χ4v) is 1.92. The highest BCUT2D eigenvalue weighted by Crippen LogP contribution is 2.27. The summed E-state index contributed by atoms with van der Waals surface area (Å²) in [5.74, 6) is 0.315. The average Bonchev–Trinajstić information content (AvgIpc) is 3.27. The van der Waals surface area contributed by atoms with E-state index in [1.807, 2.05) is 6.92 Å². The standard InChI is InChI=1S/C15H20N2O3/c1-10-7-12(15(19)20-2)5-6-13(10)16-9-14(18)17-8-11-3-4-11/h5-7,11,16H,3-4,8-9H2,1-2H3,(H,17,18). The zero-order valence-corrected chi connectivity index (χ0v) is 11.9. The second-order valence-corrected chi connectivity index (χ2v) is 5.12. The molecule has 1 aromatic carbocycles. The molecule has 5 nitrogen and oxygen atoms in total. The Bertz CT molecular complexity index is 510. The minimum absolute atomic E-state index is 0.00616. The number of hydrogen-bond donors (Lipinski definition) is 2. The molecule has 2 rings (SSSR count). The van der Waals surface area contributed by atoms with E-state index in [9.17, 15) is 9.59 Å². The van der Waals surface area contributed by atoms with Gasteiger partial charge in [-0.25, -0.2) is 4.79 Å². The van der Waals surface area contributed by atoms with E-state index in [-0.39, 0.29) is 18.4 Å². The number of benzene rings is 1. The summed E-state index contributed by atoms with van der Waals surface area (Å²) in [4.78, 5) is 23.0. The van der Waals surface area contributed by atoms with Crippen LogP contribution in [0.15, 0.2) is 18.2 Å². The highest BCUT2D eigenvalue weighted by Gasteiger charge is 2.21. The predicted octanol–water partition coefficient (Wildman–Crippen LogP) is 1.72. The number of aryl methyl sites for hydroxylation is 1. The first-order valence-electron chi connectivity index (χ1n) is 6.79. The van der Waals surface area contributed by atoms with Crippen molar-refractivity contribution in [2.45, 2.75) is 19.8 Å². The Morgan fingerprint density at radius 3 is 2.70 bits per heavy atom. The van der Waals surface area contributed by atoms with E-state index >= 15 is 0 Å². The van der Waals surface area contributed by atoms with Gasteiger partial charge in [-0.1, -0.05) is 0 Å². The van der Waals surface area contributed by atoms with Gasteiger partial charge in [-0.05, 0) is 49.4 Å². The first-order chi connectivity index (χ1) is 9.60.